The van der Waals surface area contributed by atoms with Gasteiger partial charge in [-0.2, -0.15) is 0 Å². The van der Waals surface area contributed by atoms with E-state index in [1.54, 1.807) is 0 Å². The molecule has 4 rings (SSSR count). The van der Waals surface area contributed by atoms with Crippen LogP contribution in [0.25, 0.3) is 0 Å². The fraction of sp³-hybridized carbons (Fsp3) is 0.895. The highest BCUT2D eigenvalue weighted by molar-refractivity contribution is 5.27. The minimum atomic E-state index is -0.116. The molecule has 6 atom stereocenters. The molecule has 2 heteroatoms. The second kappa shape index (κ2) is 4.50. The zero-order valence-corrected chi connectivity index (χ0v) is 13.6. The van der Waals surface area contributed by atoms with Crippen molar-refractivity contribution in [1.29, 1.82) is 0 Å². The number of fused-ring (bicyclic) bond motifs is 5. The van der Waals surface area contributed by atoms with Crippen molar-refractivity contribution in [3.05, 3.63) is 11.3 Å². The van der Waals surface area contributed by atoms with Crippen molar-refractivity contribution in [2.75, 3.05) is 0 Å². The summed E-state index contributed by atoms with van der Waals surface area (Å²) in [6.45, 7) is 4.74. The first-order chi connectivity index (χ1) is 9.97. The van der Waals surface area contributed by atoms with E-state index in [4.69, 9.17) is 0 Å². The number of aliphatic hydroxyl groups excluding tert-OH is 2. The van der Waals surface area contributed by atoms with Crippen molar-refractivity contribution in [2.45, 2.75) is 77.7 Å². The van der Waals surface area contributed by atoms with E-state index in [1.165, 1.54) is 37.7 Å². The van der Waals surface area contributed by atoms with Gasteiger partial charge in [0.05, 0.1) is 11.9 Å². The third-order valence-electron chi connectivity index (χ3n) is 8.05. The minimum Gasteiger partial charge on any atom is -0.512 e. The molecule has 0 spiro atoms. The van der Waals surface area contributed by atoms with Crippen molar-refractivity contribution >= 4 is 0 Å². The van der Waals surface area contributed by atoms with Gasteiger partial charge in [-0.15, -0.1) is 0 Å². The van der Waals surface area contributed by atoms with Gasteiger partial charge in [0.2, 0.25) is 0 Å². The summed E-state index contributed by atoms with van der Waals surface area (Å²) in [6.07, 6.45) is 10.3. The SMILES string of the molecule is C[C@]12CCCCC1=C(O)C[C@@H]1[C@H]2CC[C@]2(C)C(O)CC[C@@H]12. The summed E-state index contributed by atoms with van der Waals surface area (Å²) >= 11 is 0. The summed E-state index contributed by atoms with van der Waals surface area (Å²) in [7, 11) is 0. The summed E-state index contributed by atoms with van der Waals surface area (Å²) in [5.41, 5.74) is 1.77. The zero-order chi connectivity index (χ0) is 14.8. The van der Waals surface area contributed by atoms with Gasteiger partial charge in [0.15, 0.2) is 0 Å². The van der Waals surface area contributed by atoms with Crippen LogP contribution in [0.2, 0.25) is 0 Å². The third kappa shape index (κ3) is 1.75. The number of hydrogen-bond acceptors (Lipinski definition) is 2. The molecule has 0 amide bonds. The molecule has 0 saturated heterocycles. The molecule has 4 aliphatic rings. The van der Waals surface area contributed by atoms with Crippen LogP contribution in [-0.4, -0.2) is 16.3 Å². The third-order valence-corrected chi connectivity index (χ3v) is 8.05. The zero-order valence-electron chi connectivity index (χ0n) is 13.6. The summed E-state index contributed by atoms with van der Waals surface area (Å²) in [6, 6.07) is 0. The molecule has 4 aliphatic carbocycles. The molecule has 0 aromatic carbocycles. The van der Waals surface area contributed by atoms with Gasteiger partial charge in [-0.25, -0.2) is 0 Å². The lowest BCUT2D eigenvalue weighted by molar-refractivity contribution is -0.0731. The van der Waals surface area contributed by atoms with Crippen LogP contribution < -0.4 is 0 Å². The molecule has 3 saturated carbocycles. The number of allylic oxidation sites excluding steroid dienone is 2. The highest BCUT2D eigenvalue weighted by atomic mass is 16.3. The van der Waals surface area contributed by atoms with Crippen LogP contribution >= 0.6 is 0 Å². The maximum Gasteiger partial charge on any atom is 0.0923 e. The second-order valence-electron chi connectivity index (χ2n) is 8.77. The van der Waals surface area contributed by atoms with Gasteiger partial charge in [0.1, 0.15) is 0 Å². The molecular weight excluding hydrogens is 260 g/mol. The van der Waals surface area contributed by atoms with Gasteiger partial charge in [0, 0.05) is 6.42 Å². The molecule has 0 aromatic heterocycles. The quantitative estimate of drug-likeness (QED) is 0.685. The van der Waals surface area contributed by atoms with E-state index in [0.29, 0.717) is 11.8 Å². The Bertz CT molecular complexity index is 482. The minimum absolute atomic E-state index is 0.115. The fourth-order valence-corrected chi connectivity index (χ4v) is 6.80. The topological polar surface area (TPSA) is 40.5 Å². The standard InChI is InChI=1S/C19H30O2/c1-18-9-4-3-5-15(18)16(20)11-12-13-6-7-17(21)19(13,2)10-8-14(12)18/h12-14,17,20-21H,3-11H2,1-2H3/t12-,13-,14+,17?,18+,19-/m0/s1. The lowest BCUT2D eigenvalue weighted by atomic mass is 9.48. The Labute approximate surface area is 128 Å². The van der Waals surface area contributed by atoms with E-state index in [0.717, 1.165) is 37.4 Å². The summed E-state index contributed by atoms with van der Waals surface area (Å²) in [4.78, 5) is 0. The van der Waals surface area contributed by atoms with Gasteiger partial charge < -0.3 is 10.2 Å². The Hall–Kier alpha value is -0.500. The molecule has 1 unspecified atom stereocenters. The highest BCUT2D eigenvalue weighted by Gasteiger charge is 2.59. The molecule has 0 radical (unpaired) electrons. The van der Waals surface area contributed by atoms with Gasteiger partial charge in [-0.3, -0.25) is 0 Å². The smallest absolute Gasteiger partial charge is 0.0923 e. The van der Waals surface area contributed by atoms with Crippen molar-refractivity contribution in [3.63, 3.8) is 0 Å². The molecule has 0 aromatic rings. The van der Waals surface area contributed by atoms with E-state index >= 15 is 0 Å². The van der Waals surface area contributed by atoms with E-state index in [2.05, 4.69) is 13.8 Å². The van der Waals surface area contributed by atoms with E-state index in [9.17, 15) is 10.2 Å². The maximum atomic E-state index is 10.7. The first kappa shape index (κ1) is 14.1. The summed E-state index contributed by atoms with van der Waals surface area (Å²) < 4.78 is 0. The van der Waals surface area contributed by atoms with Gasteiger partial charge in [0.25, 0.3) is 0 Å². The van der Waals surface area contributed by atoms with Gasteiger partial charge >= 0.3 is 0 Å². The lowest BCUT2D eigenvalue weighted by Crippen LogP contribution is -2.51. The lowest BCUT2D eigenvalue weighted by Gasteiger charge is -2.57. The van der Waals surface area contributed by atoms with Crippen molar-refractivity contribution in [1.82, 2.24) is 0 Å². The largest absolute Gasteiger partial charge is 0.512 e. The van der Waals surface area contributed by atoms with E-state index < -0.39 is 0 Å². The number of hydrogen-bond donors (Lipinski definition) is 2. The summed E-state index contributed by atoms with van der Waals surface area (Å²) in [5, 5.41) is 21.2. The Morgan fingerprint density at radius 1 is 1.00 bits per heavy atom. The van der Waals surface area contributed by atoms with E-state index in [-0.39, 0.29) is 16.9 Å². The molecule has 3 fully saturated rings. The predicted molar refractivity (Wildman–Crippen MR) is 83.9 cm³/mol. The van der Waals surface area contributed by atoms with E-state index in [1.807, 2.05) is 0 Å². The molecule has 118 valence electrons. The second-order valence-corrected chi connectivity index (χ2v) is 8.77. The maximum absolute atomic E-state index is 10.7. The van der Waals surface area contributed by atoms with Crippen molar-refractivity contribution in [2.24, 2.45) is 28.6 Å². The normalized spacial score (nSPS) is 53.1. The first-order valence-electron chi connectivity index (χ1n) is 9.06. The molecule has 0 aliphatic heterocycles. The highest BCUT2D eigenvalue weighted by Crippen LogP contribution is 2.65. The van der Waals surface area contributed by atoms with Crippen LogP contribution in [0.4, 0.5) is 0 Å². The van der Waals surface area contributed by atoms with Crippen LogP contribution in [0.3, 0.4) is 0 Å². The van der Waals surface area contributed by atoms with Crippen LogP contribution in [0.5, 0.6) is 0 Å². The Morgan fingerprint density at radius 3 is 2.62 bits per heavy atom. The average Bonchev–Trinajstić information content (AvgIpc) is 2.75. The Balaban J connectivity index is 1.74. The molecule has 0 heterocycles. The van der Waals surface area contributed by atoms with Crippen LogP contribution in [0.1, 0.15) is 71.6 Å². The van der Waals surface area contributed by atoms with Gasteiger partial charge in [-0.1, -0.05) is 20.3 Å². The van der Waals surface area contributed by atoms with Crippen LogP contribution in [-0.2, 0) is 0 Å². The van der Waals surface area contributed by atoms with Crippen LogP contribution in [0.15, 0.2) is 11.3 Å². The van der Waals surface area contributed by atoms with Crippen LogP contribution in [0, 0.1) is 28.6 Å². The Kier molecular flexibility index (Phi) is 3.03. The number of rotatable bonds is 0. The number of aliphatic hydroxyl groups is 2. The summed E-state index contributed by atoms with van der Waals surface area (Å²) in [5.74, 6) is 2.69. The Morgan fingerprint density at radius 2 is 1.81 bits per heavy atom. The van der Waals surface area contributed by atoms with Crippen molar-refractivity contribution in [3.8, 4) is 0 Å². The molecule has 21 heavy (non-hydrogen) atoms. The molecule has 2 N–H and O–H groups in total. The first-order valence-corrected chi connectivity index (χ1v) is 9.06. The average molecular weight is 290 g/mol. The monoisotopic (exact) mass is 290 g/mol. The molecular formula is C19H30O2. The molecule has 0 bridgehead atoms. The molecule has 2 nitrogen and oxygen atoms in total. The fourth-order valence-electron chi connectivity index (χ4n) is 6.80. The predicted octanol–water partition coefficient (Wildman–Crippen LogP) is 4.59. The van der Waals surface area contributed by atoms with Gasteiger partial charge in [-0.05, 0) is 79.1 Å². The van der Waals surface area contributed by atoms with Crippen molar-refractivity contribution < 1.29 is 10.2 Å².